The second-order valence-corrected chi connectivity index (χ2v) is 4.51. The number of anilines is 1. The Hall–Kier alpha value is -1.56. The van der Waals surface area contributed by atoms with E-state index in [0.29, 0.717) is 5.69 Å². The number of hydrogen-bond acceptors (Lipinski definition) is 4. The van der Waals surface area contributed by atoms with Crippen LogP contribution in [-0.4, -0.2) is 37.5 Å². The average molecular weight is 301 g/mol. The monoisotopic (exact) mass is 300 g/mol. The summed E-state index contributed by atoms with van der Waals surface area (Å²) < 4.78 is 5.58. The molecule has 0 radical (unpaired) electrons. The first kappa shape index (κ1) is 13.5. The van der Waals surface area contributed by atoms with E-state index in [1.165, 1.54) is 4.90 Å². The molecule has 0 heterocycles. The summed E-state index contributed by atoms with van der Waals surface area (Å²) in [4.78, 5) is 24.2. The topological polar surface area (TPSA) is 72.6 Å². The van der Waals surface area contributed by atoms with Gasteiger partial charge < -0.3 is 15.4 Å². The molecule has 17 heavy (non-hydrogen) atoms. The van der Waals surface area contributed by atoms with Crippen molar-refractivity contribution in [1.29, 1.82) is 0 Å². The highest BCUT2D eigenvalue weighted by Gasteiger charge is 2.14. The first-order valence-electron chi connectivity index (χ1n) is 4.84. The molecule has 0 saturated carbocycles. The minimum Gasteiger partial charge on any atom is -0.452 e. The molecule has 2 N–H and O–H groups in total. The van der Waals surface area contributed by atoms with Gasteiger partial charge in [-0.25, -0.2) is 4.79 Å². The van der Waals surface area contributed by atoms with Crippen molar-refractivity contribution in [2.45, 2.75) is 0 Å². The van der Waals surface area contributed by atoms with E-state index in [9.17, 15) is 9.59 Å². The van der Waals surface area contributed by atoms with Gasteiger partial charge in [-0.3, -0.25) is 4.79 Å². The molecule has 0 aromatic heterocycles. The zero-order valence-electron chi connectivity index (χ0n) is 9.57. The lowest BCUT2D eigenvalue weighted by Crippen LogP contribution is -2.27. The molecule has 0 aliphatic heterocycles. The lowest BCUT2D eigenvalue weighted by atomic mass is 10.2. The number of ether oxygens (including phenoxy) is 1. The van der Waals surface area contributed by atoms with Crippen LogP contribution in [0.3, 0.4) is 0 Å². The maximum Gasteiger partial charge on any atom is 0.340 e. The normalized spacial score (nSPS) is 9.82. The predicted molar refractivity (Wildman–Crippen MR) is 67.5 cm³/mol. The molecule has 0 fully saturated rings. The summed E-state index contributed by atoms with van der Waals surface area (Å²) in [6.45, 7) is -0.294. The van der Waals surface area contributed by atoms with Crippen LogP contribution in [0.4, 0.5) is 5.69 Å². The SMILES string of the molecule is CN(C)C(=O)COC(=O)c1cc(Br)ccc1N. The zero-order valence-corrected chi connectivity index (χ0v) is 11.2. The predicted octanol–water partition coefficient (Wildman–Crippen LogP) is 1.28. The van der Waals surface area contributed by atoms with Gasteiger partial charge in [-0.15, -0.1) is 0 Å². The first-order valence-corrected chi connectivity index (χ1v) is 5.63. The molecule has 1 aromatic carbocycles. The quantitative estimate of drug-likeness (QED) is 0.674. The Morgan fingerprint density at radius 1 is 1.41 bits per heavy atom. The Morgan fingerprint density at radius 2 is 2.06 bits per heavy atom. The van der Waals surface area contributed by atoms with Gasteiger partial charge in [0.25, 0.3) is 5.91 Å². The van der Waals surface area contributed by atoms with E-state index >= 15 is 0 Å². The number of halogens is 1. The van der Waals surface area contributed by atoms with E-state index in [1.54, 1.807) is 32.3 Å². The van der Waals surface area contributed by atoms with Crippen molar-refractivity contribution in [3.05, 3.63) is 28.2 Å². The van der Waals surface area contributed by atoms with E-state index in [4.69, 9.17) is 10.5 Å². The van der Waals surface area contributed by atoms with E-state index in [0.717, 1.165) is 4.47 Å². The van der Waals surface area contributed by atoms with Crippen LogP contribution in [0, 0.1) is 0 Å². The van der Waals surface area contributed by atoms with Crippen LogP contribution in [0.2, 0.25) is 0 Å². The lowest BCUT2D eigenvalue weighted by molar-refractivity contribution is -0.131. The number of nitrogens with two attached hydrogens (primary N) is 1. The molecule has 92 valence electrons. The maximum atomic E-state index is 11.7. The summed E-state index contributed by atoms with van der Waals surface area (Å²) in [5, 5.41) is 0. The largest absolute Gasteiger partial charge is 0.452 e. The minimum absolute atomic E-state index is 0.242. The third-order valence-electron chi connectivity index (χ3n) is 2.06. The number of rotatable bonds is 3. The number of nitrogens with zero attached hydrogens (tertiary/aromatic N) is 1. The van der Waals surface area contributed by atoms with Crippen LogP contribution in [0.1, 0.15) is 10.4 Å². The second-order valence-electron chi connectivity index (χ2n) is 3.60. The molecule has 0 atom stereocenters. The van der Waals surface area contributed by atoms with Gasteiger partial charge in [-0.2, -0.15) is 0 Å². The second kappa shape index (κ2) is 5.67. The third-order valence-corrected chi connectivity index (χ3v) is 2.55. The van der Waals surface area contributed by atoms with Crippen LogP contribution in [-0.2, 0) is 9.53 Å². The molecule has 1 rings (SSSR count). The van der Waals surface area contributed by atoms with Gasteiger partial charge in [0.05, 0.1) is 5.56 Å². The van der Waals surface area contributed by atoms with Crippen molar-refractivity contribution in [3.63, 3.8) is 0 Å². The Bertz CT molecular complexity index is 446. The van der Waals surface area contributed by atoms with E-state index < -0.39 is 5.97 Å². The fourth-order valence-electron chi connectivity index (χ4n) is 1.04. The number of benzene rings is 1. The number of amides is 1. The molecule has 1 amide bonds. The van der Waals surface area contributed by atoms with Crippen LogP contribution in [0.5, 0.6) is 0 Å². The molecular formula is C11H13BrN2O3. The molecule has 0 unspecified atom stereocenters. The summed E-state index contributed by atoms with van der Waals surface area (Å²) >= 11 is 3.23. The molecule has 5 nitrogen and oxygen atoms in total. The zero-order chi connectivity index (χ0) is 13.0. The summed E-state index contributed by atoms with van der Waals surface area (Å²) in [6.07, 6.45) is 0. The van der Waals surface area contributed by atoms with Crippen LogP contribution < -0.4 is 5.73 Å². The first-order chi connectivity index (χ1) is 7.91. The molecule has 0 aliphatic carbocycles. The molecule has 6 heteroatoms. The Morgan fingerprint density at radius 3 is 2.65 bits per heavy atom. The standard InChI is InChI=1S/C11H13BrN2O3/c1-14(2)10(15)6-17-11(16)8-5-7(12)3-4-9(8)13/h3-5H,6,13H2,1-2H3. The number of hydrogen-bond donors (Lipinski definition) is 1. The fraction of sp³-hybridized carbons (Fsp3) is 0.273. The Kier molecular flexibility index (Phi) is 4.51. The van der Waals surface area contributed by atoms with Crippen molar-refractivity contribution in [1.82, 2.24) is 4.90 Å². The van der Waals surface area contributed by atoms with Crippen molar-refractivity contribution in [3.8, 4) is 0 Å². The van der Waals surface area contributed by atoms with Gasteiger partial charge in [0.15, 0.2) is 6.61 Å². The summed E-state index contributed by atoms with van der Waals surface area (Å²) in [7, 11) is 3.17. The summed E-state index contributed by atoms with van der Waals surface area (Å²) in [5.41, 5.74) is 6.20. The Balaban J connectivity index is 2.70. The number of carbonyl (C=O) groups excluding carboxylic acids is 2. The number of likely N-dealkylation sites (N-methyl/N-ethyl adjacent to an activating group) is 1. The van der Waals surface area contributed by atoms with E-state index in [-0.39, 0.29) is 18.1 Å². The van der Waals surface area contributed by atoms with Gasteiger partial charge in [-0.05, 0) is 18.2 Å². The molecular weight excluding hydrogens is 288 g/mol. The smallest absolute Gasteiger partial charge is 0.340 e. The number of esters is 1. The van der Waals surface area contributed by atoms with Gasteiger partial charge in [0, 0.05) is 24.3 Å². The van der Waals surface area contributed by atoms with Crippen molar-refractivity contribution >= 4 is 33.5 Å². The van der Waals surface area contributed by atoms with Gasteiger partial charge >= 0.3 is 5.97 Å². The van der Waals surface area contributed by atoms with Gasteiger partial charge in [-0.1, -0.05) is 15.9 Å². The Labute approximate surface area is 108 Å². The van der Waals surface area contributed by atoms with Gasteiger partial charge in [0.2, 0.25) is 0 Å². The van der Waals surface area contributed by atoms with Crippen molar-refractivity contribution < 1.29 is 14.3 Å². The van der Waals surface area contributed by atoms with Crippen LogP contribution in [0.25, 0.3) is 0 Å². The highest BCUT2D eigenvalue weighted by molar-refractivity contribution is 9.10. The number of carbonyl (C=O) groups is 2. The summed E-state index contributed by atoms with van der Waals surface area (Å²) in [6, 6.07) is 4.86. The maximum absolute atomic E-state index is 11.7. The average Bonchev–Trinajstić information content (AvgIpc) is 2.28. The van der Waals surface area contributed by atoms with E-state index in [1.807, 2.05) is 0 Å². The molecule has 0 bridgehead atoms. The third kappa shape index (κ3) is 3.74. The van der Waals surface area contributed by atoms with Gasteiger partial charge in [0.1, 0.15) is 0 Å². The molecule has 0 aliphatic rings. The highest BCUT2D eigenvalue weighted by Crippen LogP contribution is 2.19. The minimum atomic E-state index is -0.612. The highest BCUT2D eigenvalue weighted by atomic mass is 79.9. The van der Waals surface area contributed by atoms with Crippen molar-refractivity contribution in [2.24, 2.45) is 0 Å². The molecule has 0 saturated heterocycles. The summed E-state index contributed by atoms with van der Waals surface area (Å²) in [5.74, 6) is -0.897. The fourth-order valence-corrected chi connectivity index (χ4v) is 1.40. The molecule has 0 spiro atoms. The van der Waals surface area contributed by atoms with Crippen LogP contribution >= 0.6 is 15.9 Å². The number of nitrogen functional groups attached to an aromatic ring is 1. The lowest BCUT2D eigenvalue weighted by Gasteiger charge is -2.11. The molecule has 1 aromatic rings. The van der Waals surface area contributed by atoms with Crippen molar-refractivity contribution in [2.75, 3.05) is 26.4 Å². The van der Waals surface area contributed by atoms with E-state index in [2.05, 4.69) is 15.9 Å². The van der Waals surface area contributed by atoms with Crippen LogP contribution in [0.15, 0.2) is 22.7 Å².